The quantitative estimate of drug-likeness (QED) is 0.832. The van der Waals surface area contributed by atoms with Crippen LogP contribution in [0.4, 0.5) is 0 Å². The Hall–Kier alpha value is -1.67. The first kappa shape index (κ1) is 10.8. The van der Waals surface area contributed by atoms with E-state index >= 15 is 0 Å². The summed E-state index contributed by atoms with van der Waals surface area (Å²) in [6.45, 7) is 3.53. The molecule has 0 amide bonds. The molecule has 2 rings (SSSR count). The van der Waals surface area contributed by atoms with E-state index in [1.165, 1.54) is 0 Å². The Morgan fingerprint density at radius 3 is 2.31 bits per heavy atom. The lowest BCUT2D eigenvalue weighted by atomic mass is 9.97. The highest BCUT2D eigenvalue weighted by atomic mass is 16.3. The molecule has 0 atom stereocenters. The second kappa shape index (κ2) is 4.06. The fourth-order valence-electron chi connectivity index (χ4n) is 1.56. The zero-order chi connectivity index (χ0) is 11.6. The van der Waals surface area contributed by atoms with Crippen molar-refractivity contribution in [3.8, 4) is 11.1 Å². The van der Waals surface area contributed by atoms with Gasteiger partial charge in [0.05, 0.1) is 5.60 Å². The zero-order valence-electron chi connectivity index (χ0n) is 9.51. The van der Waals surface area contributed by atoms with Crippen LogP contribution < -0.4 is 0 Å². The molecule has 2 heteroatoms. The molecule has 2 aromatic rings. The number of aliphatic hydroxyl groups is 1. The van der Waals surface area contributed by atoms with Gasteiger partial charge >= 0.3 is 0 Å². The first-order valence-corrected chi connectivity index (χ1v) is 5.31. The largest absolute Gasteiger partial charge is 0.386 e. The van der Waals surface area contributed by atoms with Crippen LogP contribution in [0.1, 0.15) is 19.4 Å². The van der Waals surface area contributed by atoms with Crippen molar-refractivity contribution in [2.24, 2.45) is 0 Å². The van der Waals surface area contributed by atoms with E-state index in [9.17, 15) is 5.11 Å². The molecule has 0 radical (unpaired) electrons. The molecule has 0 aliphatic rings. The van der Waals surface area contributed by atoms with Crippen LogP contribution in [0.5, 0.6) is 0 Å². The van der Waals surface area contributed by atoms with Crippen LogP contribution in [0.3, 0.4) is 0 Å². The van der Waals surface area contributed by atoms with E-state index < -0.39 is 5.60 Å². The molecule has 16 heavy (non-hydrogen) atoms. The maximum atomic E-state index is 9.92. The molecule has 0 fully saturated rings. The van der Waals surface area contributed by atoms with Crippen LogP contribution in [-0.4, -0.2) is 10.1 Å². The van der Waals surface area contributed by atoms with Crippen molar-refractivity contribution in [1.29, 1.82) is 0 Å². The highest BCUT2D eigenvalue weighted by molar-refractivity contribution is 5.63. The van der Waals surface area contributed by atoms with E-state index in [0.29, 0.717) is 0 Å². The molecule has 0 unspecified atom stereocenters. The molecule has 82 valence electrons. The van der Waals surface area contributed by atoms with E-state index in [2.05, 4.69) is 4.98 Å². The summed E-state index contributed by atoms with van der Waals surface area (Å²) in [5.74, 6) is 0. The van der Waals surface area contributed by atoms with Crippen LogP contribution in [0, 0.1) is 0 Å². The standard InChI is InChI=1S/C14H15NO/c1-14(2,16)13-8-12(9-15-10-13)11-6-4-3-5-7-11/h3-10,16H,1-2H3. The number of aromatic nitrogens is 1. The Morgan fingerprint density at radius 2 is 1.69 bits per heavy atom. The van der Waals surface area contributed by atoms with Crippen molar-refractivity contribution in [1.82, 2.24) is 4.98 Å². The van der Waals surface area contributed by atoms with E-state index in [1.54, 1.807) is 20.0 Å². The summed E-state index contributed by atoms with van der Waals surface area (Å²) in [5, 5.41) is 9.92. The Morgan fingerprint density at radius 1 is 1.00 bits per heavy atom. The average Bonchev–Trinajstić information content (AvgIpc) is 2.29. The minimum atomic E-state index is -0.849. The van der Waals surface area contributed by atoms with Crippen molar-refractivity contribution in [3.63, 3.8) is 0 Å². The van der Waals surface area contributed by atoms with Crippen LogP contribution >= 0.6 is 0 Å². The zero-order valence-corrected chi connectivity index (χ0v) is 9.51. The molecular formula is C14H15NO. The lowest BCUT2D eigenvalue weighted by Gasteiger charge is -2.17. The van der Waals surface area contributed by atoms with E-state index in [0.717, 1.165) is 16.7 Å². The fraction of sp³-hybridized carbons (Fsp3) is 0.214. The SMILES string of the molecule is CC(C)(O)c1cncc(-c2ccccc2)c1. The average molecular weight is 213 g/mol. The van der Waals surface area contributed by atoms with Crippen molar-refractivity contribution in [2.45, 2.75) is 19.4 Å². The summed E-state index contributed by atoms with van der Waals surface area (Å²) < 4.78 is 0. The minimum Gasteiger partial charge on any atom is -0.386 e. The molecule has 0 aliphatic heterocycles. The number of hydrogen-bond donors (Lipinski definition) is 1. The lowest BCUT2D eigenvalue weighted by Crippen LogP contribution is -2.15. The number of rotatable bonds is 2. The molecule has 0 spiro atoms. The number of pyridine rings is 1. The topological polar surface area (TPSA) is 33.1 Å². The Kier molecular flexibility index (Phi) is 2.75. The highest BCUT2D eigenvalue weighted by Crippen LogP contribution is 2.24. The van der Waals surface area contributed by atoms with Crippen LogP contribution in [-0.2, 0) is 5.60 Å². The minimum absolute atomic E-state index is 0.828. The molecule has 1 N–H and O–H groups in total. The summed E-state index contributed by atoms with van der Waals surface area (Å²) >= 11 is 0. The van der Waals surface area contributed by atoms with Gasteiger partial charge in [-0.2, -0.15) is 0 Å². The number of nitrogens with zero attached hydrogens (tertiary/aromatic N) is 1. The molecule has 1 heterocycles. The summed E-state index contributed by atoms with van der Waals surface area (Å²) in [6.07, 6.45) is 3.51. The molecule has 0 aliphatic carbocycles. The first-order chi connectivity index (χ1) is 7.57. The summed E-state index contributed by atoms with van der Waals surface area (Å²) in [7, 11) is 0. The van der Waals surface area contributed by atoms with Gasteiger partial charge < -0.3 is 5.11 Å². The van der Waals surface area contributed by atoms with E-state index in [4.69, 9.17) is 0 Å². The molecule has 0 bridgehead atoms. The predicted octanol–water partition coefficient (Wildman–Crippen LogP) is 2.98. The van der Waals surface area contributed by atoms with Gasteiger partial charge in [0.2, 0.25) is 0 Å². The van der Waals surface area contributed by atoms with Gasteiger partial charge in [0.25, 0.3) is 0 Å². The normalized spacial score (nSPS) is 11.4. The molecule has 0 saturated carbocycles. The summed E-state index contributed by atoms with van der Waals surface area (Å²) in [5.41, 5.74) is 2.12. The second-order valence-corrected chi connectivity index (χ2v) is 4.39. The van der Waals surface area contributed by atoms with Crippen LogP contribution in [0.25, 0.3) is 11.1 Å². The van der Waals surface area contributed by atoms with Crippen molar-refractivity contribution < 1.29 is 5.11 Å². The van der Waals surface area contributed by atoms with Gasteiger partial charge in [0.1, 0.15) is 0 Å². The molecule has 1 aromatic heterocycles. The highest BCUT2D eigenvalue weighted by Gasteiger charge is 2.16. The smallest absolute Gasteiger partial charge is 0.0855 e. The van der Waals surface area contributed by atoms with Gasteiger partial charge in [-0.3, -0.25) is 4.98 Å². The van der Waals surface area contributed by atoms with Crippen molar-refractivity contribution >= 4 is 0 Å². The second-order valence-electron chi connectivity index (χ2n) is 4.39. The summed E-state index contributed by atoms with van der Waals surface area (Å²) in [6, 6.07) is 12.0. The third-order valence-electron chi connectivity index (χ3n) is 2.55. The summed E-state index contributed by atoms with van der Waals surface area (Å²) in [4.78, 5) is 4.17. The van der Waals surface area contributed by atoms with E-state index in [1.807, 2.05) is 42.6 Å². The van der Waals surface area contributed by atoms with Crippen molar-refractivity contribution in [3.05, 3.63) is 54.4 Å². The van der Waals surface area contributed by atoms with Crippen LogP contribution in [0.2, 0.25) is 0 Å². The van der Waals surface area contributed by atoms with Gasteiger partial charge in [0, 0.05) is 23.5 Å². The Bertz CT molecular complexity index is 472. The van der Waals surface area contributed by atoms with Crippen LogP contribution in [0.15, 0.2) is 48.8 Å². The maximum Gasteiger partial charge on any atom is 0.0855 e. The monoisotopic (exact) mass is 213 g/mol. The van der Waals surface area contributed by atoms with Gasteiger partial charge in [0.15, 0.2) is 0 Å². The number of hydrogen-bond acceptors (Lipinski definition) is 2. The van der Waals surface area contributed by atoms with Gasteiger partial charge in [-0.1, -0.05) is 30.3 Å². The first-order valence-electron chi connectivity index (χ1n) is 5.31. The fourth-order valence-corrected chi connectivity index (χ4v) is 1.56. The van der Waals surface area contributed by atoms with Gasteiger partial charge in [-0.15, -0.1) is 0 Å². The van der Waals surface area contributed by atoms with E-state index in [-0.39, 0.29) is 0 Å². The third kappa shape index (κ3) is 2.28. The third-order valence-corrected chi connectivity index (χ3v) is 2.55. The van der Waals surface area contributed by atoms with Gasteiger partial charge in [-0.05, 0) is 25.5 Å². The Labute approximate surface area is 95.6 Å². The van der Waals surface area contributed by atoms with Crippen molar-refractivity contribution in [2.75, 3.05) is 0 Å². The molecule has 2 nitrogen and oxygen atoms in total. The molecule has 1 aromatic carbocycles. The number of benzene rings is 1. The lowest BCUT2D eigenvalue weighted by molar-refractivity contribution is 0.0783. The van der Waals surface area contributed by atoms with Gasteiger partial charge in [-0.25, -0.2) is 0 Å². The predicted molar refractivity (Wildman–Crippen MR) is 64.9 cm³/mol. The Balaban J connectivity index is 2.45. The molecule has 0 saturated heterocycles. The maximum absolute atomic E-state index is 9.92. The molecular weight excluding hydrogens is 198 g/mol.